The number of hydrogen-bond acceptors (Lipinski definition) is 4. The molecular weight excluding hydrogens is 400 g/mol. The first-order valence-corrected chi connectivity index (χ1v) is 10.9. The number of amides is 1. The molecule has 3 rings (SSSR count). The molecule has 156 valence electrons. The predicted molar refractivity (Wildman–Crippen MR) is 116 cm³/mol. The summed E-state index contributed by atoms with van der Waals surface area (Å²) in [7, 11) is -2.19. The summed E-state index contributed by atoms with van der Waals surface area (Å²) in [4.78, 5) is 12.8. The number of methoxy groups -OCH3 is 1. The summed E-state index contributed by atoms with van der Waals surface area (Å²) in [6.07, 6.45) is 0. The second-order valence-electron chi connectivity index (χ2n) is 6.78. The summed E-state index contributed by atoms with van der Waals surface area (Å²) in [5.41, 5.74) is 2.68. The third-order valence-electron chi connectivity index (χ3n) is 4.71. The van der Waals surface area contributed by atoms with Gasteiger partial charge in [0.05, 0.1) is 12.0 Å². The molecule has 0 aliphatic heterocycles. The van der Waals surface area contributed by atoms with Crippen molar-refractivity contribution in [2.75, 3.05) is 7.11 Å². The molecule has 0 bridgehead atoms. The summed E-state index contributed by atoms with van der Waals surface area (Å²) in [5.74, 6) is 0.328. The van der Waals surface area contributed by atoms with Crippen LogP contribution in [0, 0.1) is 6.92 Å². The van der Waals surface area contributed by atoms with E-state index in [-0.39, 0.29) is 23.9 Å². The van der Waals surface area contributed by atoms with E-state index in [1.54, 1.807) is 20.1 Å². The van der Waals surface area contributed by atoms with Crippen LogP contribution < -0.4 is 14.8 Å². The van der Waals surface area contributed by atoms with Gasteiger partial charge in [-0.2, -0.15) is 0 Å². The highest BCUT2D eigenvalue weighted by atomic mass is 32.2. The van der Waals surface area contributed by atoms with Gasteiger partial charge in [0.25, 0.3) is 5.91 Å². The van der Waals surface area contributed by atoms with E-state index in [4.69, 9.17) is 4.74 Å². The van der Waals surface area contributed by atoms with E-state index in [2.05, 4.69) is 10.0 Å². The van der Waals surface area contributed by atoms with E-state index in [0.29, 0.717) is 16.9 Å². The Morgan fingerprint density at radius 2 is 1.63 bits per heavy atom. The molecule has 1 amide bonds. The van der Waals surface area contributed by atoms with Gasteiger partial charge in [0.2, 0.25) is 10.0 Å². The van der Waals surface area contributed by atoms with E-state index in [0.717, 1.165) is 11.1 Å². The van der Waals surface area contributed by atoms with Gasteiger partial charge in [-0.05, 0) is 36.2 Å². The Hall–Kier alpha value is -3.16. The van der Waals surface area contributed by atoms with E-state index < -0.39 is 10.0 Å². The number of benzene rings is 3. The number of rotatable bonds is 8. The highest BCUT2D eigenvalue weighted by Crippen LogP contribution is 2.19. The van der Waals surface area contributed by atoms with Crippen molar-refractivity contribution in [3.05, 3.63) is 95.1 Å². The predicted octanol–water partition coefficient (Wildman–Crippen LogP) is 3.41. The number of ether oxygens (including phenoxy) is 1. The maximum absolute atomic E-state index is 12.7. The lowest BCUT2D eigenvalue weighted by atomic mass is 10.1. The van der Waals surface area contributed by atoms with Crippen molar-refractivity contribution >= 4 is 15.9 Å². The van der Waals surface area contributed by atoms with Gasteiger partial charge in [0.1, 0.15) is 5.75 Å². The number of para-hydroxylation sites is 1. The van der Waals surface area contributed by atoms with Crippen molar-refractivity contribution in [3.63, 3.8) is 0 Å². The molecule has 30 heavy (non-hydrogen) atoms. The first-order valence-electron chi connectivity index (χ1n) is 9.45. The molecule has 0 atom stereocenters. The van der Waals surface area contributed by atoms with Gasteiger partial charge in [-0.25, -0.2) is 13.1 Å². The fourth-order valence-electron chi connectivity index (χ4n) is 2.99. The minimum absolute atomic E-state index is 0.0477. The van der Waals surface area contributed by atoms with Gasteiger partial charge >= 0.3 is 0 Å². The topological polar surface area (TPSA) is 84.5 Å². The molecule has 0 aliphatic rings. The summed E-state index contributed by atoms with van der Waals surface area (Å²) in [5, 5.41) is 2.83. The summed E-state index contributed by atoms with van der Waals surface area (Å²) in [6.45, 7) is 2.21. The third kappa shape index (κ3) is 5.25. The second kappa shape index (κ2) is 9.56. The van der Waals surface area contributed by atoms with Gasteiger partial charge in [-0.3, -0.25) is 4.79 Å². The molecule has 0 fully saturated rings. The summed E-state index contributed by atoms with van der Waals surface area (Å²) < 4.78 is 33.3. The quantitative estimate of drug-likeness (QED) is 0.580. The molecule has 0 unspecified atom stereocenters. The average Bonchev–Trinajstić information content (AvgIpc) is 2.77. The first kappa shape index (κ1) is 21.5. The lowest BCUT2D eigenvalue weighted by molar-refractivity contribution is 0.0950. The minimum Gasteiger partial charge on any atom is -0.496 e. The third-order valence-corrected chi connectivity index (χ3v) is 6.10. The smallest absolute Gasteiger partial charge is 0.251 e. The Kier molecular flexibility index (Phi) is 6.87. The van der Waals surface area contributed by atoms with Crippen LogP contribution in [0.2, 0.25) is 0 Å². The molecule has 0 spiro atoms. The average molecular weight is 425 g/mol. The van der Waals surface area contributed by atoms with E-state index in [9.17, 15) is 13.2 Å². The zero-order chi connectivity index (χ0) is 21.6. The number of carbonyl (C=O) groups excluding carboxylic acids is 1. The lowest BCUT2D eigenvalue weighted by Gasteiger charge is -2.12. The molecule has 2 N–H and O–H groups in total. The van der Waals surface area contributed by atoms with Crippen LogP contribution in [0.25, 0.3) is 0 Å². The zero-order valence-electron chi connectivity index (χ0n) is 16.9. The number of aryl methyl sites for hydroxylation is 1. The maximum Gasteiger partial charge on any atom is 0.251 e. The summed E-state index contributed by atoms with van der Waals surface area (Å²) in [6, 6.07) is 21.2. The van der Waals surface area contributed by atoms with Crippen molar-refractivity contribution < 1.29 is 17.9 Å². The van der Waals surface area contributed by atoms with Gasteiger partial charge < -0.3 is 10.1 Å². The van der Waals surface area contributed by atoms with Crippen LogP contribution in [0.1, 0.15) is 27.0 Å². The molecule has 7 heteroatoms. The molecule has 0 heterocycles. The van der Waals surface area contributed by atoms with E-state index in [1.807, 2.05) is 54.6 Å². The molecular formula is C23H24N2O4S. The van der Waals surface area contributed by atoms with Gasteiger partial charge in [0, 0.05) is 24.2 Å². The molecule has 0 radical (unpaired) electrons. The van der Waals surface area contributed by atoms with Crippen molar-refractivity contribution in [1.82, 2.24) is 10.0 Å². The Balaban J connectivity index is 1.74. The van der Waals surface area contributed by atoms with Crippen molar-refractivity contribution in [3.8, 4) is 5.75 Å². The minimum atomic E-state index is -3.76. The zero-order valence-corrected chi connectivity index (χ0v) is 17.7. The number of carbonyl (C=O) groups is 1. The maximum atomic E-state index is 12.7. The fourth-order valence-corrected chi connectivity index (χ4v) is 4.03. The molecule has 0 saturated carbocycles. The van der Waals surface area contributed by atoms with Gasteiger partial charge in [-0.1, -0.05) is 54.6 Å². The number of sulfonamides is 1. The molecule has 6 nitrogen and oxygen atoms in total. The Morgan fingerprint density at radius 1 is 0.933 bits per heavy atom. The van der Waals surface area contributed by atoms with Crippen LogP contribution in [0.4, 0.5) is 0 Å². The van der Waals surface area contributed by atoms with Crippen LogP contribution in [0.15, 0.2) is 77.7 Å². The Bertz CT molecular complexity index is 1130. The largest absolute Gasteiger partial charge is 0.496 e. The van der Waals surface area contributed by atoms with Crippen molar-refractivity contribution in [1.29, 1.82) is 0 Å². The monoisotopic (exact) mass is 424 g/mol. The highest BCUT2D eigenvalue weighted by Gasteiger charge is 2.18. The van der Waals surface area contributed by atoms with Crippen LogP contribution >= 0.6 is 0 Å². The SMILES string of the molecule is COc1ccccc1CNC(=O)c1cc(S(=O)(=O)NCc2ccccc2)ccc1C. The van der Waals surface area contributed by atoms with E-state index >= 15 is 0 Å². The van der Waals surface area contributed by atoms with Gasteiger partial charge in [0.15, 0.2) is 0 Å². The molecule has 3 aromatic rings. The second-order valence-corrected chi connectivity index (χ2v) is 8.55. The fraction of sp³-hybridized carbons (Fsp3) is 0.174. The van der Waals surface area contributed by atoms with Crippen LogP contribution in [0.3, 0.4) is 0 Å². The molecule has 3 aromatic carbocycles. The molecule has 0 saturated heterocycles. The standard InChI is InChI=1S/C23H24N2O4S/c1-17-12-13-20(30(27,28)25-15-18-8-4-3-5-9-18)14-21(17)23(26)24-16-19-10-6-7-11-22(19)29-2/h3-14,25H,15-16H2,1-2H3,(H,24,26). The first-order chi connectivity index (χ1) is 14.4. The summed E-state index contributed by atoms with van der Waals surface area (Å²) >= 11 is 0. The van der Waals surface area contributed by atoms with E-state index in [1.165, 1.54) is 12.1 Å². The van der Waals surface area contributed by atoms with Crippen LogP contribution in [-0.2, 0) is 23.1 Å². The van der Waals surface area contributed by atoms with Crippen molar-refractivity contribution in [2.24, 2.45) is 0 Å². The normalized spacial score (nSPS) is 11.1. The van der Waals surface area contributed by atoms with Crippen LogP contribution in [-0.4, -0.2) is 21.4 Å². The number of hydrogen-bond donors (Lipinski definition) is 2. The lowest BCUT2D eigenvalue weighted by Crippen LogP contribution is -2.26. The Morgan fingerprint density at radius 3 is 2.37 bits per heavy atom. The highest BCUT2D eigenvalue weighted by molar-refractivity contribution is 7.89. The van der Waals surface area contributed by atoms with Gasteiger partial charge in [-0.15, -0.1) is 0 Å². The van der Waals surface area contributed by atoms with Crippen LogP contribution in [0.5, 0.6) is 5.75 Å². The molecule has 0 aromatic heterocycles. The van der Waals surface area contributed by atoms with Crippen molar-refractivity contribution in [2.45, 2.75) is 24.9 Å². The number of nitrogens with one attached hydrogen (secondary N) is 2. The Labute approximate surface area is 177 Å². The molecule has 0 aliphatic carbocycles.